The minimum absolute atomic E-state index is 0. The van der Waals surface area contributed by atoms with Crippen LogP contribution in [0.1, 0.15) is 25.7 Å². The fraction of sp³-hybridized carbons (Fsp3) is 0.545. The van der Waals surface area contributed by atoms with Gasteiger partial charge in [0.2, 0.25) is 0 Å². The van der Waals surface area contributed by atoms with Gasteiger partial charge in [-0.1, -0.05) is 12.8 Å². The van der Waals surface area contributed by atoms with E-state index in [2.05, 4.69) is 10.3 Å². The van der Waals surface area contributed by atoms with Crippen LogP contribution in [0, 0.1) is 5.82 Å². The summed E-state index contributed by atoms with van der Waals surface area (Å²) in [4.78, 5) is 3.97. The molecule has 1 fully saturated rings. The maximum atomic E-state index is 13.3. The predicted molar refractivity (Wildman–Crippen MR) is 72.5 cm³/mol. The Morgan fingerprint density at radius 2 is 2.00 bits per heavy atom. The third kappa shape index (κ3) is 4.30. The third-order valence-electron chi connectivity index (χ3n) is 2.90. The molecule has 6 heteroatoms. The van der Waals surface area contributed by atoms with E-state index >= 15 is 0 Å². The van der Waals surface area contributed by atoms with Crippen LogP contribution < -0.4 is 11.1 Å². The average Bonchev–Trinajstić information content (AvgIpc) is 2.24. The van der Waals surface area contributed by atoms with Gasteiger partial charge in [0.1, 0.15) is 0 Å². The van der Waals surface area contributed by atoms with Crippen molar-refractivity contribution in [1.82, 2.24) is 4.98 Å². The summed E-state index contributed by atoms with van der Waals surface area (Å²) in [6, 6.07) is 3.26. The van der Waals surface area contributed by atoms with E-state index in [1.54, 1.807) is 12.3 Å². The van der Waals surface area contributed by atoms with Crippen LogP contribution in [-0.4, -0.2) is 17.1 Å². The van der Waals surface area contributed by atoms with Gasteiger partial charge < -0.3 is 11.1 Å². The predicted octanol–water partition coefficient (Wildman–Crippen LogP) is 2.75. The molecular weight excluding hydrogens is 264 g/mol. The normalized spacial score (nSPS) is 23.2. The number of hydrogen-bond donors (Lipinski definition) is 2. The number of anilines is 1. The molecule has 0 amide bonds. The molecule has 17 heavy (non-hydrogen) atoms. The van der Waals surface area contributed by atoms with Gasteiger partial charge in [-0.15, -0.1) is 24.8 Å². The molecule has 0 aliphatic heterocycles. The number of nitrogens with one attached hydrogen (secondary N) is 1. The first kappa shape index (κ1) is 16.4. The van der Waals surface area contributed by atoms with E-state index in [4.69, 9.17) is 5.73 Å². The average molecular weight is 282 g/mol. The smallest absolute Gasteiger partial charge is 0.165 e. The van der Waals surface area contributed by atoms with Crippen molar-refractivity contribution in [2.45, 2.75) is 37.8 Å². The maximum Gasteiger partial charge on any atom is 0.165 e. The van der Waals surface area contributed by atoms with Crippen LogP contribution >= 0.6 is 24.8 Å². The van der Waals surface area contributed by atoms with Crippen molar-refractivity contribution in [3.05, 3.63) is 24.1 Å². The van der Waals surface area contributed by atoms with Crippen LogP contribution in [0.15, 0.2) is 18.3 Å². The number of nitrogens with zero attached hydrogens (tertiary/aromatic N) is 1. The number of aromatic nitrogens is 1. The van der Waals surface area contributed by atoms with Crippen LogP contribution in [0.25, 0.3) is 0 Å². The largest absolute Gasteiger partial charge is 0.363 e. The van der Waals surface area contributed by atoms with Crippen molar-refractivity contribution in [2.75, 3.05) is 5.32 Å². The van der Waals surface area contributed by atoms with Crippen LogP contribution in [-0.2, 0) is 0 Å². The van der Waals surface area contributed by atoms with Crippen molar-refractivity contribution in [2.24, 2.45) is 5.73 Å². The van der Waals surface area contributed by atoms with Gasteiger partial charge in [-0.3, -0.25) is 0 Å². The van der Waals surface area contributed by atoms with Gasteiger partial charge in [0, 0.05) is 18.3 Å². The molecule has 0 unspecified atom stereocenters. The van der Waals surface area contributed by atoms with Crippen molar-refractivity contribution in [3.8, 4) is 0 Å². The van der Waals surface area contributed by atoms with Crippen molar-refractivity contribution >= 4 is 30.6 Å². The summed E-state index contributed by atoms with van der Waals surface area (Å²) >= 11 is 0. The van der Waals surface area contributed by atoms with E-state index in [1.165, 1.54) is 12.5 Å². The van der Waals surface area contributed by atoms with Gasteiger partial charge in [0.05, 0.1) is 0 Å². The highest BCUT2D eigenvalue weighted by atomic mass is 35.5. The van der Waals surface area contributed by atoms with Gasteiger partial charge in [0.25, 0.3) is 0 Å². The van der Waals surface area contributed by atoms with Crippen molar-refractivity contribution in [3.63, 3.8) is 0 Å². The Balaban J connectivity index is 0.00000128. The second-order valence-corrected chi connectivity index (χ2v) is 4.03. The quantitative estimate of drug-likeness (QED) is 0.877. The van der Waals surface area contributed by atoms with E-state index in [-0.39, 0.29) is 42.7 Å². The van der Waals surface area contributed by atoms with Gasteiger partial charge in [0.15, 0.2) is 11.6 Å². The van der Waals surface area contributed by atoms with Crippen molar-refractivity contribution < 1.29 is 4.39 Å². The molecule has 0 bridgehead atoms. The summed E-state index contributed by atoms with van der Waals surface area (Å²) < 4.78 is 13.3. The summed E-state index contributed by atoms with van der Waals surface area (Å²) in [7, 11) is 0. The first-order chi connectivity index (χ1) is 7.27. The third-order valence-corrected chi connectivity index (χ3v) is 2.90. The molecule has 98 valence electrons. The second kappa shape index (κ2) is 7.69. The molecule has 0 radical (unpaired) electrons. The molecule has 1 saturated carbocycles. The molecule has 0 saturated heterocycles. The first-order valence-electron chi connectivity index (χ1n) is 5.40. The van der Waals surface area contributed by atoms with E-state index in [1.807, 2.05) is 0 Å². The number of rotatable bonds is 2. The van der Waals surface area contributed by atoms with E-state index in [0.717, 1.165) is 19.3 Å². The molecule has 0 aromatic carbocycles. The fourth-order valence-corrected chi connectivity index (χ4v) is 2.01. The minimum atomic E-state index is -0.310. The Morgan fingerprint density at radius 3 is 2.65 bits per heavy atom. The molecule has 0 spiro atoms. The lowest BCUT2D eigenvalue weighted by Gasteiger charge is -2.29. The van der Waals surface area contributed by atoms with Crippen LogP contribution in [0.2, 0.25) is 0 Å². The molecule has 1 aromatic heterocycles. The Morgan fingerprint density at radius 1 is 1.29 bits per heavy atom. The van der Waals surface area contributed by atoms with E-state index in [9.17, 15) is 4.39 Å². The summed E-state index contributed by atoms with van der Waals surface area (Å²) in [5, 5.41) is 3.09. The summed E-state index contributed by atoms with van der Waals surface area (Å²) in [5.41, 5.74) is 5.96. The Hall–Kier alpha value is -0.580. The van der Waals surface area contributed by atoms with Gasteiger partial charge in [-0.25, -0.2) is 9.37 Å². The first-order valence-corrected chi connectivity index (χ1v) is 5.40. The highest BCUT2D eigenvalue weighted by Gasteiger charge is 2.22. The zero-order chi connectivity index (χ0) is 10.7. The molecule has 1 aliphatic carbocycles. The molecule has 2 atom stereocenters. The topological polar surface area (TPSA) is 50.9 Å². The van der Waals surface area contributed by atoms with Gasteiger partial charge in [-0.2, -0.15) is 0 Å². The molecule has 2 rings (SSSR count). The zero-order valence-electron chi connectivity index (χ0n) is 9.43. The van der Waals surface area contributed by atoms with Crippen LogP contribution in [0.4, 0.5) is 10.2 Å². The molecular formula is C11H18Cl2FN3. The fourth-order valence-electron chi connectivity index (χ4n) is 2.01. The zero-order valence-corrected chi connectivity index (χ0v) is 11.1. The lowest BCUT2D eigenvalue weighted by atomic mass is 9.91. The Labute approximate surface area is 113 Å². The highest BCUT2D eigenvalue weighted by molar-refractivity contribution is 5.85. The Bertz CT molecular complexity index is 338. The summed E-state index contributed by atoms with van der Waals surface area (Å²) in [6.07, 6.45) is 5.91. The second-order valence-electron chi connectivity index (χ2n) is 4.03. The summed E-state index contributed by atoms with van der Waals surface area (Å²) in [6.45, 7) is 0. The molecule has 3 N–H and O–H groups in total. The Kier molecular flexibility index (Phi) is 7.43. The highest BCUT2D eigenvalue weighted by Crippen LogP contribution is 2.21. The van der Waals surface area contributed by atoms with Crippen molar-refractivity contribution in [1.29, 1.82) is 0 Å². The lowest BCUT2D eigenvalue weighted by Crippen LogP contribution is -2.42. The van der Waals surface area contributed by atoms with E-state index < -0.39 is 0 Å². The van der Waals surface area contributed by atoms with Crippen LogP contribution in [0.5, 0.6) is 0 Å². The molecule has 1 aliphatic rings. The number of hydrogen-bond acceptors (Lipinski definition) is 3. The lowest BCUT2D eigenvalue weighted by molar-refractivity contribution is 0.402. The minimum Gasteiger partial charge on any atom is -0.363 e. The van der Waals surface area contributed by atoms with Gasteiger partial charge in [-0.05, 0) is 25.0 Å². The molecule has 3 nitrogen and oxygen atoms in total. The van der Waals surface area contributed by atoms with Crippen LogP contribution in [0.3, 0.4) is 0 Å². The number of pyridine rings is 1. The SMILES string of the molecule is Cl.Cl.N[C@@H]1CCCC[C@H]1Nc1ncccc1F. The number of nitrogens with two attached hydrogens (primary N) is 1. The monoisotopic (exact) mass is 281 g/mol. The molecule has 1 heterocycles. The molecule has 1 aromatic rings. The maximum absolute atomic E-state index is 13.3. The standard InChI is InChI=1S/C11H16FN3.2ClH/c12-8-4-3-7-14-11(8)15-10-6-2-1-5-9(10)13;;/h3-4,7,9-10H,1-2,5-6,13H2,(H,14,15);2*1H/t9-,10-;;/m1../s1. The summed E-state index contributed by atoms with van der Waals surface area (Å²) in [5.74, 6) is 0.00937. The van der Waals surface area contributed by atoms with E-state index in [0.29, 0.717) is 5.82 Å². The van der Waals surface area contributed by atoms with Gasteiger partial charge >= 0.3 is 0 Å². The number of halogens is 3.